The van der Waals surface area contributed by atoms with E-state index in [1.165, 1.54) is 24.1 Å². The Hall–Kier alpha value is -0.720. The summed E-state index contributed by atoms with van der Waals surface area (Å²) < 4.78 is 0. The van der Waals surface area contributed by atoms with Gasteiger partial charge in [0.15, 0.2) is 0 Å². The van der Waals surface area contributed by atoms with Crippen molar-refractivity contribution in [3.8, 4) is 0 Å². The summed E-state index contributed by atoms with van der Waals surface area (Å²) in [6, 6.07) is 0. The average molecular weight is 177 g/mol. The third-order valence-corrected chi connectivity index (χ3v) is 3.48. The number of allylic oxidation sites excluding steroid dienone is 4. The van der Waals surface area contributed by atoms with Crippen LogP contribution in [0.15, 0.2) is 23.4 Å². The molecule has 0 aromatic carbocycles. The molecule has 0 saturated carbocycles. The highest BCUT2D eigenvalue weighted by atomic mass is 14.9. The van der Waals surface area contributed by atoms with E-state index in [1.54, 1.807) is 0 Å². The minimum absolute atomic E-state index is 0.480. The summed E-state index contributed by atoms with van der Waals surface area (Å²) in [6.45, 7) is 8.11. The molecular weight excluding hydrogens is 158 g/mol. The van der Waals surface area contributed by atoms with E-state index >= 15 is 0 Å². The molecule has 2 rings (SSSR count). The Balaban J connectivity index is 2.27. The van der Waals surface area contributed by atoms with Crippen molar-refractivity contribution < 1.29 is 0 Å². The normalized spacial score (nSPS) is 31.2. The summed E-state index contributed by atoms with van der Waals surface area (Å²) in [4.78, 5) is 0. The van der Waals surface area contributed by atoms with Crippen LogP contribution >= 0.6 is 0 Å². The molecule has 0 aromatic rings. The Bertz CT molecular complexity index is 271. The van der Waals surface area contributed by atoms with Gasteiger partial charge in [0.25, 0.3) is 0 Å². The molecule has 72 valence electrons. The van der Waals surface area contributed by atoms with Crippen LogP contribution in [-0.2, 0) is 0 Å². The van der Waals surface area contributed by atoms with Gasteiger partial charge in [-0.1, -0.05) is 25.5 Å². The quantitative estimate of drug-likeness (QED) is 0.600. The summed E-state index contributed by atoms with van der Waals surface area (Å²) >= 11 is 0. The zero-order valence-corrected chi connectivity index (χ0v) is 8.85. The summed E-state index contributed by atoms with van der Waals surface area (Å²) in [5, 5.41) is 3.53. The van der Waals surface area contributed by atoms with Crippen LogP contribution in [0.2, 0.25) is 0 Å². The van der Waals surface area contributed by atoms with E-state index in [1.807, 2.05) is 0 Å². The lowest BCUT2D eigenvalue weighted by atomic mass is 9.69. The van der Waals surface area contributed by atoms with E-state index in [-0.39, 0.29) is 0 Å². The molecule has 1 fully saturated rings. The second-order valence-corrected chi connectivity index (χ2v) is 5.00. The molecule has 2 aliphatic rings. The minimum atomic E-state index is 0.480. The van der Waals surface area contributed by atoms with Crippen LogP contribution < -0.4 is 5.32 Å². The Morgan fingerprint density at radius 1 is 1.46 bits per heavy atom. The fourth-order valence-electron chi connectivity index (χ4n) is 2.45. The molecular formula is C12H19N. The predicted octanol–water partition coefficient (Wildman–Crippen LogP) is 2.86. The van der Waals surface area contributed by atoms with Gasteiger partial charge in [0.1, 0.15) is 0 Å². The lowest BCUT2D eigenvalue weighted by molar-refractivity contribution is 0.188. The Labute approximate surface area is 80.9 Å². The SMILES string of the molecule is CC1=CC[C@@H]2C(=C1)NCCC2(C)C. The van der Waals surface area contributed by atoms with E-state index in [4.69, 9.17) is 0 Å². The fraction of sp³-hybridized carbons (Fsp3) is 0.667. The zero-order valence-electron chi connectivity index (χ0n) is 8.85. The van der Waals surface area contributed by atoms with Crippen molar-refractivity contribution in [3.63, 3.8) is 0 Å². The van der Waals surface area contributed by atoms with Gasteiger partial charge in [-0.2, -0.15) is 0 Å². The van der Waals surface area contributed by atoms with Crippen molar-refractivity contribution >= 4 is 0 Å². The van der Waals surface area contributed by atoms with Crippen molar-refractivity contribution in [1.82, 2.24) is 5.32 Å². The maximum atomic E-state index is 3.53. The molecule has 1 heterocycles. The Morgan fingerprint density at radius 2 is 2.23 bits per heavy atom. The molecule has 1 saturated heterocycles. The monoisotopic (exact) mass is 177 g/mol. The van der Waals surface area contributed by atoms with Crippen molar-refractivity contribution in [2.45, 2.75) is 33.6 Å². The van der Waals surface area contributed by atoms with Gasteiger partial charge >= 0.3 is 0 Å². The third kappa shape index (κ3) is 1.52. The third-order valence-electron chi connectivity index (χ3n) is 3.48. The summed E-state index contributed by atoms with van der Waals surface area (Å²) in [7, 11) is 0. The van der Waals surface area contributed by atoms with Crippen molar-refractivity contribution in [2.24, 2.45) is 11.3 Å². The van der Waals surface area contributed by atoms with Crippen LogP contribution in [0.25, 0.3) is 0 Å². The largest absolute Gasteiger partial charge is 0.388 e. The second kappa shape index (κ2) is 2.90. The van der Waals surface area contributed by atoms with Crippen molar-refractivity contribution in [3.05, 3.63) is 23.4 Å². The molecule has 1 atom stereocenters. The molecule has 1 nitrogen and oxygen atoms in total. The van der Waals surface area contributed by atoms with E-state index in [9.17, 15) is 0 Å². The number of fused-ring (bicyclic) bond motifs is 1. The first-order chi connectivity index (χ1) is 6.09. The standard InChI is InChI=1S/C12H19N/c1-9-4-5-10-11(8-9)13-7-6-12(10,2)3/h4,8,10,13H,5-7H2,1-3H3/t10-/m1/s1. The molecule has 0 radical (unpaired) electrons. The first-order valence-corrected chi connectivity index (χ1v) is 5.22. The van der Waals surface area contributed by atoms with Gasteiger partial charge in [-0.15, -0.1) is 0 Å². The highest BCUT2D eigenvalue weighted by Gasteiger charge is 2.35. The first-order valence-electron chi connectivity index (χ1n) is 5.22. The fourth-order valence-corrected chi connectivity index (χ4v) is 2.45. The topological polar surface area (TPSA) is 12.0 Å². The van der Waals surface area contributed by atoms with E-state index in [2.05, 4.69) is 38.2 Å². The van der Waals surface area contributed by atoms with E-state index in [0.717, 1.165) is 12.5 Å². The van der Waals surface area contributed by atoms with Crippen LogP contribution in [0.3, 0.4) is 0 Å². The molecule has 0 spiro atoms. The Morgan fingerprint density at radius 3 is 3.00 bits per heavy atom. The maximum Gasteiger partial charge on any atom is 0.0149 e. The number of rotatable bonds is 0. The minimum Gasteiger partial charge on any atom is -0.388 e. The highest BCUT2D eigenvalue weighted by Crippen LogP contribution is 2.42. The van der Waals surface area contributed by atoms with Gasteiger partial charge < -0.3 is 5.32 Å². The summed E-state index contributed by atoms with van der Waals surface area (Å²) in [5.41, 5.74) is 3.36. The van der Waals surface area contributed by atoms with E-state index in [0.29, 0.717) is 5.41 Å². The molecule has 0 unspecified atom stereocenters. The molecule has 1 aliphatic carbocycles. The van der Waals surface area contributed by atoms with Gasteiger partial charge in [-0.05, 0) is 31.3 Å². The summed E-state index contributed by atoms with van der Waals surface area (Å²) in [6.07, 6.45) is 7.19. The molecule has 0 bridgehead atoms. The van der Waals surface area contributed by atoms with Crippen LogP contribution in [0, 0.1) is 11.3 Å². The molecule has 1 aliphatic heterocycles. The van der Waals surface area contributed by atoms with Gasteiger partial charge in [0, 0.05) is 18.2 Å². The predicted molar refractivity (Wildman–Crippen MR) is 56.3 cm³/mol. The van der Waals surface area contributed by atoms with Gasteiger partial charge in [-0.3, -0.25) is 0 Å². The van der Waals surface area contributed by atoms with Gasteiger partial charge in [0.2, 0.25) is 0 Å². The zero-order chi connectivity index (χ0) is 9.47. The maximum absolute atomic E-state index is 3.53. The first kappa shape index (κ1) is 8.86. The molecule has 1 N–H and O–H groups in total. The van der Waals surface area contributed by atoms with Crippen LogP contribution in [0.4, 0.5) is 0 Å². The number of piperidine rings is 1. The van der Waals surface area contributed by atoms with Crippen LogP contribution in [0.1, 0.15) is 33.6 Å². The molecule has 0 aromatic heterocycles. The number of hydrogen-bond acceptors (Lipinski definition) is 1. The Kier molecular flexibility index (Phi) is 1.98. The molecule has 1 heteroatoms. The summed E-state index contributed by atoms with van der Waals surface area (Å²) in [5.74, 6) is 0.727. The van der Waals surface area contributed by atoms with Crippen molar-refractivity contribution in [2.75, 3.05) is 6.54 Å². The lowest BCUT2D eigenvalue weighted by Gasteiger charge is -2.42. The van der Waals surface area contributed by atoms with E-state index < -0.39 is 0 Å². The average Bonchev–Trinajstić information content (AvgIpc) is 2.02. The number of nitrogens with one attached hydrogen (secondary N) is 1. The lowest BCUT2D eigenvalue weighted by Crippen LogP contribution is -2.40. The highest BCUT2D eigenvalue weighted by molar-refractivity contribution is 5.29. The molecule has 13 heavy (non-hydrogen) atoms. The second-order valence-electron chi connectivity index (χ2n) is 5.00. The number of hydrogen-bond donors (Lipinski definition) is 1. The van der Waals surface area contributed by atoms with Crippen LogP contribution in [0.5, 0.6) is 0 Å². The smallest absolute Gasteiger partial charge is 0.0149 e. The molecule has 0 amide bonds. The van der Waals surface area contributed by atoms with Crippen LogP contribution in [-0.4, -0.2) is 6.54 Å². The van der Waals surface area contributed by atoms with Crippen molar-refractivity contribution in [1.29, 1.82) is 0 Å². The van der Waals surface area contributed by atoms with Gasteiger partial charge in [0.05, 0.1) is 0 Å². The van der Waals surface area contributed by atoms with Gasteiger partial charge in [-0.25, -0.2) is 0 Å².